The second-order valence-electron chi connectivity index (χ2n) is 2.69. The standard InChI is InChI=1S/C8H15N/c1-7(2)5-9-6-8(3)4/h6,8H,1,5H2,2-4H3. The maximum absolute atomic E-state index is 4.15. The van der Waals surface area contributed by atoms with E-state index in [1.807, 2.05) is 13.1 Å². The molecule has 0 aliphatic carbocycles. The van der Waals surface area contributed by atoms with Crippen LogP contribution in [0.2, 0.25) is 0 Å². The van der Waals surface area contributed by atoms with Gasteiger partial charge in [0.1, 0.15) is 0 Å². The van der Waals surface area contributed by atoms with Crippen molar-refractivity contribution in [3.05, 3.63) is 12.2 Å². The molecule has 0 atom stereocenters. The van der Waals surface area contributed by atoms with Gasteiger partial charge in [-0.3, -0.25) is 4.99 Å². The summed E-state index contributed by atoms with van der Waals surface area (Å²) in [4.78, 5) is 4.15. The van der Waals surface area contributed by atoms with E-state index in [0.29, 0.717) is 5.92 Å². The lowest BCUT2D eigenvalue weighted by atomic mass is 10.2. The fourth-order valence-corrected chi connectivity index (χ4v) is 0.419. The summed E-state index contributed by atoms with van der Waals surface area (Å²) in [5, 5.41) is 0. The Morgan fingerprint density at radius 3 is 2.56 bits per heavy atom. The summed E-state index contributed by atoms with van der Waals surface area (Å²) in [5.74, 6) is 0.560. The van der Waals surface area contributed by atoms with Gasteiger partial charge < -0.3 is 0 Å². The minimum absolute atomic E-state index is 0.560. The van der Waals surface area contributed by atoms with Crippen molar-refractivity contribution >= 4 is 6.21 Å². The van der Waals surface area contributed by atoms with Crippen LogP contribution in [0.4, 0.5) is 0 Å². The second-order valence-corrected chi connectivity index (χ2v) is 2.69. The Balaban J connectivity index is 3.36. The molecule has 52 valence electrons. The molecule has 0 aromatic heterocycles. The molecule has 0 heterocycles. The topological polar surface area (TPSA) is 12.4 Å². The van der Waals surface area contributed by atoms with Gasteiger partial charge in [-0.2, -0.15) is 0 Å². The zero-order valence-electron chi connectivity index (χ0n) is 6.52. The summed E-state index contributed by atoms with van der Waals surface area (Å²) in [5.41, 5.74) is 1.12. The van der Waals surface area contributed by atoms with E-state index in [-0.39, 0.29) is 0 Å². The molecule has 1 heteroatoms. The SMILES string of the molecule is C=C(C)CN=CC(C)C. The molecule has 0 amide bonds. The molecule has 1 nitrogen and oxygen atoms in total. The highest BCUT2D eigenvalue weighted by atomic mass is 14.7. The largest absolute Gasteiger partial charge is 0.293 e. The predicted molar refractivity (Wildman–Crippen MR) is 43.0 cm³/mol. The fourth-order valence-electron chi connectivity index (χ4n) is 0.419. The molecule has 0 aliphatic heterocycles. The van der Waals surface area contributed by atoms with Crippen LogP contribution >= 0.6 is 0 Å². The highest BCUT2D eigenvalue weighted by Gasteiger charge is 1.83. The van der Waals surface area contributed by atoms with E-state index in [9.17, 15) is 0 Å². The zero-order chi connectivity index (χ0) is 7.28. The zero-order valence-corrected chi connectivity index (χ0v) is 6.52. The van der Waals surface area contributed by atoms with Gasteiger partial charge in [0.2, 0.25) is 0 Å². The molecule has 0 radical (unpaired) electrons. The van der Waals surface area contributed by atoms with Crippen molar-refractivity contribution in [2.45, 2.75) is 20.8 Å². The van der Waals surface area contributed by atoms with Crippen molar-refractivity contribution in [2.75, 3.05) is 6.54 Å². The van der Waals surface area contributed by atoms with Crippen LogP contribution in [0.1, 0.15) is 20.8 Å². The van der Waals surface area contributed by atoms with Crippen LogP contribution in [0.3, 0.4) is 0 Å². The lowest BCUT2D eigenvalue weighted by Crippen LogP contribution is -1.89. The van der Waals surface area contributed by atoms with E-state index in [0.717, 1.165) is 12.1 Å². The number of nitrogens with zero attached hydrogens (tertiary/aromatic N) is 1. The molecule has 0 saturated heterocycles. The van der Waals surface area contributed by atoms with E-state index < -0.39 is 0 Å². The van der Waals surface area contributed by atoms with Gasteiger partial charge in [-0.05, 0) is 12.8 Å². The summed E-state index contributed by atoms with van der Waals surface area (Å²) < 4.78 is 0. The van der Waals surface area contributed by atoms with Gasteiger partial charge in [0.15, 0.2) is 0 Å². The molecule has 0 aliphatic rings. The van der Waals surface area contributed by atoms with Crippen LogP contribution in [-0.4, -0.2) is 12.8 Å². The molecule has 0 fully saturated rings. The van der Waals surface area contributed by atoms with Gasteiger partial charge in [-0.1, -0.05) is 26.0 Å². The van der Waals surface area contributed by atoms with Crippen molar-refractivity contribution in [2.24, 2.45) is 10.9 Å². The number of aliphatic imine (C=N–C) groups is 1. The van der Waals surface area contributed by atoms with Crippen LogP contribution in [0.15, 0.2) is 17.1 Å². The Morgan fingerprint density at radius 1 is 1.67 bits per heavy atom. The molecule has 9 heavy (non-hydrogen) atoms. The molecule has 0 bridgehead atoms. The molecule has 0 rings (SSSR count). The normalized spacial score (nSPS) is 11.1. The van der Waals surface area contributed by atoms with E-state index >= 15 is 0 Å². The summed E-state index contributed by atoms with van der Waals surface area (Å²) in [6.45, 7) is 10.7. The maximum Gasteiger partial charge on any atom is 0.0590 e. The summed E-state index contributed by atoms with van der Waals surface area (Å²) in [7, 11) is 0. The highest BCUT2D eigenvalue weighted by molar-refractivity contribution is 5.59. The van der Waals surface area contributed by atoms with Gasteiger partial charge >= 0.3 is 0 Å². The Morgan fingerprint density at radius 2 is 2.22 bits per heavy atom. The highest BCUT2D eigenvalue weighted by Crippen LogP contribution is 1.89. The smallest absolute Gasteiger partial charge is 0.0590 e. The van der Waals surface area contributed by atoms with Crippen molar-refractivity contribution in [3.8, 4) is 0 Å². The van der Waals surface area contributed by atoms with Crippen molar-refractivity contribution in [1.29, 1.82) is 0 Å². The van der Waals surface area contributed by atoms with Crippen LogP contribution < -0.4 is 0 Å². The second kappa shape index (κ2) is 4.30. The van der Waals surface area contributed by atoms with Crippen molar-refractivity contribution < 1.29 is 0 Å². The number of rotatable bonds is 3. The fraction of sp³-hybridized carbons (Fsp3) is 0.625. The van der Waals surface area contributed by atoms with E-state index in [1.165, 1.54) is 0 Å². The average Bonchev–Trinajstić information content (AvgIpc) is 1.63. The Kier molecular flexibility index (Phi) is 4.02. The average molecular weight is 125 g/mol. The van der Waals surface area contributed by atoms with E-state index in [4.69, 9.17) is 0 Å². The first-order chi connectivity index (χ1) is 4.13. The van der Waals surface area contributed by atoms with Gasteiger partial charge in [0.05, 0.1) is 6.54 Å². The van der Waals surface area contributed by atoms with Gasteiger partial charge in [-0.15, -0.1) is 0 Å². The summed E-state index contributed by atoms with van der Waals surface area (Å²) in [6, 6.07) is 0. The minimum atomic E-state index is 0.560. The first-order valence-corrected chi connectivity index (χ1v) is 3.27. The third-order valence-corrected chi connectivity index (χ3v) is 0.765. The van der Waals surface area contributed by atoms with Gasteiger partial charge in [0.25, 0.3) is 0 Å². The lowest BCUT2D eigenvalue weighted by molar-refractivity contribution is 0.898. The number of hydrogen-bond acceptors (Lipinski definition) is 1. The van der Waals surface area contributed by atoms with Crippen LogP contribution in [0, 0.1) is 5.92 Å². The molecule has 0 saturated carbocycles. The van der Waals surface area contributed by atoms with E-state index in [1.54, 1.807) is 0 Å². The lowest BCUT2D eigenvalue weighted by Gasteiger charge is -1.92. The minimum Gasteiger partial charge on any atom is -0.293 e. The molecule has 0 aromatic rings. The third-order valence-electron chi connectivity index (χ3n) is 0.765. The summed E-state index contributed by atoms with van der Waals surface area (Å²) in [6.07, 6.45) is 1.95. The number of hydrogen-bond donors (Lipinski definition) is 0. The first-order valence-electron chi connectivity index (χ1n) is 3.27. The molecule has 0 aromatic carbocycles. The van der Waals surface area contributed by atoms with Crippen molar-refractivity contribution in [1.82, 2.24) is 0 Å². The Labute approximate surface area is 57.5 Å². The molecule has 0 unspecified atom stereocenters. The van der Waals surface area contributed by atoms with Gasteiger partial charge in [-0.25, -0.2) is 0 Å². The first kappa shape index (κ1) is 8.41. The predicted octanol–water partition coefficient (Wildman–Crippen LogP) is 2.29. The summed E-state index contributed by atoms with van der Waals surface area (Å²) >= 11 is 0. The molecule has 0 spiro atoms. The molecular formula is C8H15N. The Hall–Kier alpha value is -0.590. The van der Waals surface area contributed by atoms with Crippen molar-refractivity contribution in [3.63, 3.8) is 0 Å². The third kappa shape index (κ3) is 7.41. The van der Waals surface area contributed by atoms with Gasteiger partial charge in [0, 0.05) is 6.21 Å². The van der Waals surface area contributed by atoms with Crippen LogP contribution in [0.5, 0.6) is 0 Å². The quantitative estimate of drug-likeness (QED) is 0.405. The molecule has 0 N–H and O–H groups in total. The monoisotopic (exact) mass is 125 g/mol. The maximum atomic E-state index is 4.15. The van der Waals surface area contributed by atoms with Crippen LogP contribution in [0.25, 0.3) is 0 Å². The molecular weight excluding hydrogens is 110 g/mol. The van der Waals surface area contributed by atoms with Crippen LogP contribution in [-0.2, 0) is 0 Å². The Bertz CT molecular complexity index is 112. The van der Waals surface area contributed by atoms with E-state index in [2.05, 4.69) is 25.4 Å².